The van der Waals surface area contributed by atoms with Crippen LogP contribution in [0, 0.1) is 0 Å². The maximum Gasteiger partial charge on any atom is 0.174 e. The SMILES string of the molecule is COCCN(c1nn(C)cc1N)C1CC1. The first-order valence-electron chi connectivity index (χ1n) is 5.27. The first-order chi connectivity index (χ1) is 7.22. The minimum Gasteiger partial charge on any atom is -0.394 e. The van der Waals surface area contributed by atoms with Crippen LogP contribution in [0.15, 0.2) is 6.20 Å². The maximum absolute atomic E-state index is 5.91. The van der Waals surface area contributed by atoms with Gasteiger partial charge >= 0.3 is 0 Å². The number of ether oxygens (including phenoxy) is 1. The summed E-state index contributed by atoms with van der Waals surface area (Å²) in [5, 5.41) is 4.39. The molecule has 1 fully saturated rings. The fraction of sp³-hybridized carbons (Fsp3) is 0.700. The Kier molecular flexibility index (Phi) is 2.81. The highest BCUT2D eigenvalue weighted by atomic mass is 16.5. The molecule has 0 bridgehead atoms. The Hall–Kier alpha value is -1.23. The van der Waals surface area contributed by atoms with Gasteiger partial charge in [0.1, 0.15) is 0 Å². The van der Waals surface area contributed by atoms with E-state index in [1.54, 1.807) is 11.8 Å². The zero-order valence-electron chi connectivity index (χ0n) is 9.31. The van der Waals surface area contributed by atoms with Crippen molar-refractivity contribution in [1.82, 2.24) is 9.78 Å². The van der Waals surface area contributed by atoms with E-state index in [0.717, 1.165) is 18.1 Å². The molecule has 2 N–H and O–H groups in total. The lowest BCUT2D eigenvalue weighted by Crippen LogP contribution is -2.30. The Morgan fingerprint density at radius 1 is 1.67 bits per heavy atom. The number of aryl methyl sites for hydroxylation is 1. The minimum absolute atomic E-state index is 0.609. The summed E-state index contributed by atoms with van der Waals surface area (Å²) < 4.78 is 6.86. The van der Waals surface area contributed by atoms with E-state index in [1.807, 2.05) is 13.2 Å². The van der Waals surface area contributed by atoms with Gasteiger partial charge in [-0.05, 0) is 12.8 Å². The summed E-state index contributed by atoms with van der Waals surface area (Å²) in [6.45, 7) is 1.58. The summed E-state index contributed by atoms with van der Waals surface area (Å²) in [4.78, 5) is 2.25. The van der Waals surface area contributed by atoms with E-state index in [1.165, 1.54) is 12.8 Å². The van der Waals surface area contributed by atoms with Crippen LogP contribution < -0.4 is 10.6 Å². The van der Waals surface area contributed by atoms with E-state index < -0.39 is 0 Å². The molecule has 0 saturated heterocycles. The van der Waals surface area contributed by atoms with Crippen LogP contribution in [-0.4, -0.2) is 36.1 Å². The Labute approximate surface area is 89.8 Å². The molecule has 1 aliphatic rings. The van der Waals surface area contributed by atoms with Gasteiger partial charge in [-0.1, -0.05) is 0 Å². The van der Waals surface area contributed by atoms with Gasteiger partial charge in [0.2, 0.25) is 0 Å². The Morgan fingerprint density at radius 3 is 2.87 bits per heavy atom. The smallest absolute Gasteiger partial charge is 0.174 e. The van der Waals surface area contributed by atoms with E-state index in [4.69, 9.17) is 10.5 Å². The fourth-order valence-electron chi connectivity index (χ4n) is 1.76. The zero-order valence-corrected chi connectivity index (χ0v) is 9.31. The first-order valence-corrected chi connectivity index (χ1v) is 5.27. The van der Waals surface area contributed by atoms with Gasteiger partial charge in [-0.15, -0.1) is 0 Å². The van der Waals surface area contributed by atoms with Crippen molar-refractivity contribution in [2.75, 3.05) is 30.9 Å². The molecule has 1 aromatic rings. The largest absolute Gasteiger partial charge is 0.394 e. The monoisotopic (exact) mass is 210 g/mol. The second-order valence-corrected chi connectivity index (χ2v) is 4.00. The number of nitrogen functional groups attached to an aromatic ring is 1. The van der Waals surface area contributed by atoms with Crippen LogP contribution in [0.25, 0.3) is 0 Å². The number of methoxy groups -OCH3 is 1. The van der Waals surface area contributed by atoms with Gasteiger partial charge in [-0.3, -0.25) is 4.68 Å². The molecule has 1 aliphatic carbocycles. The Balaban J connectivity index is 2.12. The number of hydrogen-bond donors (Lipinski definition) is 1. The van der Waals surface area contributed by atoms with E-state index >= 15 is 0 Å². The molecule has 0 atom stereocenters. The molecule has 1 saturated carbocycles. The van der Waals surface area contributed by atoms with Gasteiger partial charge in [0.15, 0.2) is 5.82 Å². The molecule has 5 heteroatoms. The van der Waals surface area contributed by atoms with Crippen molar-refractivity contribution in [2.45, 2.75) is 18.9 Å². The van der Waals surface area contributed by atoms with E-state index in [9.17, 15) is 0 Å². The third-order valence-electron chi connectivity index (χ3n) is 2.63. The standard InChI is InChI=1S/C10H18N4O/c1-13-7-9(11)10(12-13)14(5-6-15-2)8-3-4-8/h7-8H,3-6,11H2,1-2H3. The van der Waals surface area contributed by atoms with Crippen molar-refractivity contribution in [2.24, 2.45) is 7.05 Å². The van der Waals surface area contributed by atoms with Gasteiger partial charge in [-0.2, -0.15) is 5.10 Å². The number of hydrogen-bond acceptors (Lipinski definition) is 4. The Bertz CT molecular complexity index is 332. The third kappa shape index (κ3) is 2.23. The average Bonchev–Trinajstić information content (AvgIpc) is 2.95. The number of nitrogens with two attached hydrogens (primary N) is 1. The van der Waals surface area contributed by atoms with Crippen LogP contribution in [0.3, 0.4) is 0 Å². The number of nitrogens with zero attached hydrogens (tertiary/aromatic N) is 3. The number of aromatic nitrogens is 2. The number of rotatable bonds is 5. The van der Waals surface area contributed by atoms with Gasteiger partial charge in [-0.25, -0.2) is 0 Å². The summed E-state index contributed by atoms with van der Waals surface area (Å²) >= 11 is 0. The van der Waals surface area contributed by atoms with Crippen molar-refractivity contribution in [3.63, 3.8) is 0 Å². The quantitative estimate of drug-likeness (QED) is 0.774. The topological polar surface area (TPSA) is 56.3 Å². The molecule has 0 spiro atoms. The highest BCUT2D eigenvalue weighted by Crippen LogP contribution is 2.33. The summed E-state index contributed by atoms with van der Waals surface area (Å²) in [5.41, 5.74) is 6.66. The van der Waals surface area contributed by atoms with E-state index in [2.05, 4.69) is 10.00 Å². The van der Waals surface area contributed by atoms with Crippen LogP contribution in [0.2, 0.25) is 0 Å². The van der Waals surface area contributed by atoms with Crippen LogP contribution in [0.1, 0.15) is 12.8 Å². The summed E-state index contributed by atoms with van der Waals surface area (Å²) in [6, 6.07) is 0.609. The molecule has 5 nitrogen and oxygen atoms in total. The lowest BCUT2D eigenvalue weighted by Gasteiger charge is -2.21. The first kappa shape index (κ1) is 10.3. The van der Waals surface area contributed by atoms with Crippen molar-refractivity contribution >= 4 is 11.5 Å². The molecule has 15 heavy (non-hydrogen) atoms. The molecule has 0 radical (unpaired) electrons. The molecule has 1 heterocycles. The van der Waals surface area contributed by atoms with Gasteiger partial charge in [0.25, 0.3) is 0 Å². The average molecular weight is 210 g/mol. The molecule has 1 aromatic heterocycles. The van der Waals surface area contributed by atoms with E-state index in [-0.39, 0.29) is 0 Å². The van der Waals surface area contributed by atoms with Gasteiger partial charge in [0.05, 0.1) is 12.3 Å². The lowest BCUT2D eigenvalue weighted by molar-refractivity contribution is 0.204. The maximum atomic E-state index is 5.91. The lowest BCUT2D eigenvalue weighted by atomic mass is 10.4. The molecular formula is C10H18N4O. The fourth-order valence-corrected chi connectivity index (χ4v) is 1.76. The predicted octanol–water partition coefficient (Wildman–Crippen LogP) is 0.617. The molecular weight excluding hydrogens is 192 g/mol. The predicted molar refractivity (Wildman–Crippen MR) is 59.9 cm³/mol. The molecule has 0 aliphatic heterocycles. The third-order valence-corrected chi connectivity index (χ3v) is 2.63. The number of anilines is 2. The molecule has 0 unspecified atom stereocenters. The zero-order chi connectivity index (χ0) is 10.8. The van der Waals surface area contributed by atoms with E-state index in [0.29, 0.717) is 12.6 Å². The summed E-state index contributed by atoms with van der Waals surface area (Å²) in [7, 11) is 3.61. The highest BCUT2D eigenvalue weighted by molar-refractivity contribution is 5.62. The van der Waals surface area contributed by atoms with Crippen LogP contribution in [0.4, 0.5) is 11.5 Å². The van der Waals surface area contributed by atoms with Crippen molar-refractivity contribution in [1.29, 1.82) is 0 Å². The van der Waals surface area contributed by atoms with Gasteiger partial charge < -0.3 is 15.4 Å². The Morgan fingerprint density at radius 2 is 2.40 bits per heavy atom. The molecule has 0 aromatic carbocycles. The normalized spacial score (nSPS) is 15.6. The second kappa shape index (κ2) is 4.10. The van der Waals surface area contributed by atoms with Crippen LogP contribution in [0.5, 0.6) is 0 Å². The van der Waals surface area contributed by atoms with Crippen molar-refractivity contribution in [3.05, 3.63) is 6.20 Å². The van der Waals surface area contributed by atoms with Crippen molar-refractivity contribution < 1.29 is 4.74 Å². The van der Waals surface area contributed by atoms with Gasteiger partial charge in [0, 0.05) is 32.9 Å². The summed E-state index contributed by atoms with van der Waals surface area (Å²) in [5.74, 6) is 0.900. The van der Waals surface area contributed by atoms with Crippen molar-refractivity contribution in [3.8, 4) is 0 Å². The molecule has 84 valence electrons. The summed E-state index contributed by atoms with van der Waals surface area (Å²) in [6.07, 6.45) is 4.32. The second-order valence-electron chi connectivity index (χ2n) is 4.00. The molecule has 0 amide bonds. The molecule has 2 rings (SSSR count). The minimum atomic E-state index is 0.609. The highest BCUT2D eigenvalue weighted by Gasteiger charge is 2.31. The van der Waals surface area contributed by atoms with Crippen LogP contribution >= 0.6 is 0 Å². The van der Waals surface area contributed by atoms with Crippen LogP contribution in [-0.2, 0) is 11.8 Å².